The number of aliphatic hydroxyl groups is 1. The number of fused-ring (bicyclic) bond motifs is 1. The molecule has 2 heterocycles. The van der Waals surface area contributed by atoms with Crippen LogP contribution in [0.3, 0.4) is 0 Å². The highest BCUT2D eigenvalue weighted by Gasteiger charge is 2.19. The maximum Gasteiger partial charge on any atom is 0.128 e. The van der Waals surface area contributed by atoms with Crippen molar-refractivity contribution < 1.29 is 9.84 Å². The van der Waals surface area contributed by atoms with E-state index in [1.807, 2.05) is 30.5 Å². The summed E-state index contributed by atoms with van der Waals surface area (Å²) < 4.78 is 5.83. The molecule has 1 aromatic heterocycles. The average Bonchev–Trinajstić information content (AvgIpc) is 3.08. The van der Waals surface area contributed by atoms with Gasteiger partial charge >= 0.3 is 0 Å². The van der Waals surface area contributed by atoms with E-state index in [0.717, 1.165) is 55.8 Å². The van der Waals surface area contributed by atoms with Gasteiger partial charge in [-0.05, 0) is 18.2 Å². The van der Waals surface area contributed by atoms with Crippen LogP contribution in [0, 0.1) is 12.3 Å². The molecule has 1 aliphatic rings. The molecule has 3 rings (SSSR count). The van der Waals surface area contributed by atoms with Crippen molar-refractivity contribution in [2.45, 2.75) is 12.5 Å². The predicted molar refractivity (Wildman–Crippen MR) is 96.1 cm³/mol. The Morgan fingerprint density at radius 2 is 2.00 bits per heavy atom. The van der Waals surface area contributed by atoms with Gasteiger partial charge in [-0.2, -0.15) is 0 Å². The number of aliphatic hydroxyl groups excluding tert-OH is 1. The molecule has 0 saturated carbocycles. The number of ether oxygens (including phenoxy) is 1. The number of benzene rings is 1. The summed E-state index contributed by atoms with van der Waals surface area (Å²) in [7, 11) is 0. The van der Waals surface area contributed by atoms with E-state index in [0.29, 0.717) is 13.2 Å². The minimum Gasteiger partial charge on any atom is -0.490 e. The van der Waals surface area contributed by atoms with E-state index in [-0.39, 0.29) is 0 Å². The average molecular weight is 327 g/mol. The van der Waals surface area contributed by atoms with Crippen molar-refractivity contribution in [1.82, 2.24) is 14.8 Å². The Bertz CT molecular complexity index is 683. The molecule has 1 fully saturated rings. The second-order valence-electron chi connectivity index (χ2n) is 6.26. The molecule has 5 heteroatoms. The lowest BCUT2D eigenvalue weighted by Crippen LogP contribution is -2.49. The summed E-state index contributed by atoms with van der Waals surface area (Å²) in [5.74, 6) is 3.50. The second-order valence-corrected chi connectivity index (χ2v) is 6.26. The number of β-amino-alcohol motifs (C(OH)–C–C–N with tert-alkyl or cyclic N) is 1. The fraction of sp³-hybridized carbons (Fsp3) is 0.474. The summed E-state index contributed by atoms with van der Waals surface area (Å²) in [6.45, 7) is 5.88. The van der Waals surface area contributed by atoms with Crippen molar-refractivity contribution in [3.8, 4) is 18.1 Å². The lowest BCUT2D eigenvalue weighted by molar-refractivity contribution is 0.0469. The summed E-state index contributed by atoms with van der Waals surface area (Å²) in [6.07, 6.45) is 7.53. The standard InChI is InChI=1S/C19H25N3O2/c1-2-3-9-21-10-12-22(13-11-21)14-16(23)15-24-19-6-4-5-18-17(19)7-8-20-18/h1,4-8,16,20,23H,3,9-15H2. The number of nitrogens with one attached hydrogen (secondary N) is 1. The third-order valence-electron chi connectivity index (χ3n) is 4.49. The number of nitrogens with zero attached hydrogens (tertiary/aromatic N) is 2. The van der Waals surface area contributed by atoms with Crippen molar-refractivity contribution in [2.75, 3.05) is 45.9 Å². The zero-order chi connectivity index (χ0) is 16.8. The van der Waals surface area contributed by atoms with Crippen molar-refractivity contribution in [3.05, 3.63) is 30.5 Å². The maximum absolute atomic E-state index is 10.3. The molecule has 24 heavy (non-hydrogen) atoms. The Morgan fingerprint density at radius 3 is 2.79 bits per heavy atom. The molecule has 1 saturated heterocycles. The van der Waals surface area contributed by atoms with Crippen LogP contribution in [0.1, 0.15) is 6.42 Å². The number of rotatable bonds is 7. The summed E-state index contributed by atoms with van der Waals surface area (Å²) in [5, 5.41) is 11.3. The number of aromatic amines is 1. The van der Waals surface area contributed by atoms with Crippen LogP contribution in [0.2, 0.25) is 0 Å². The molecule has 0 spiro atoms. The van der Waals surface area contributed by atoms with E-state index in [1.165, 1.54) is 0 Å². The number of hydrogen-bond donors (Lipinski definition) is 2. The molecule has 1 aromatic carbocycles. The van der Waals surface area contributed by atoms with Gasteiger partial charge in [0.2, 0.25) is 0 Å². The summed E-state index contributed by atoms with van der Waals surface area (Å²) in [5.41, 5.74) is 1.05. The number of hydrogen-bond acceptors (Lipinski definition) is 4. The second kappa shape index (κ2) is 8.20. The fourth-order valence-electron chi connectivity index (χ4n) is 3.14. The zero-order valence-electron chi connectivity index (χ0n) is 13.9. The fourth-order valence-corrected chi connectivity index (χ4v) is 3.14. The van der Waals surface area contributed by atoms with Gasteiger partial charge in [0.1, 0.15) is 18.5 Å². The summed E-state index contributed by atoms with van der Waals surface area (Å²) >= 11 is 0. The molecule has 1 atom stereocenters. The number of H-pyrrole nitrogens is 1. The van der Waals surface area contributed by atoms with Crippen molar-refractivity contribution in [2.24, 2.45) is 0 Å². The highest BCUT2D eigenvalue weighted by molar-refractivity contribution is 5.85. The number of piperazine rings is 1. The molecular formula is C19H25N3O2. The molecule has 0 radical (unpaired) electrons. The Kier molecular flexibility index (Phi) is 5.76. The lowest BCUT2D eigenvalue weighted by Gasteiger charge is -2.35. The molecule has 2 aromatic rings. The lowest BCUT2D eigenvalue weighted by atomic mass is 10.2. The van der Waals surface area contributed by atoms with Gasteiger partial charge in [0.05, 0.1) is 0 Å². The van der Waals surface area contributed by atoms with Crippen LogP contribution in [0.5, 0.6) is 5.75 Å². The topological polar surface area (TPSA) is 51.7 Å². The number of aromatic nitrogens is 1. The highest BCUT2D eigenvalue weighted by atomic mass is 16.5. The van der Waals surface area contributed by atoms with Gasteiger partial charge in [-0.1, -0.05) is 6.07 Å². The first kappa shape index (κ1) is 16.8. The predicted octanol–water partition coefficient (Wildman–Crippen LogP) is 1.55. The SMILES string of the molecule is C#CCCN1CCN(CC(O)COc2cccc3[nH]ccc23)CC1. The van der Waals surface area contributed by atoms with Crippen molar-refractivity contribution >= 4 is 10.9 Å². The molecule has 0 aliphatic carbocycles. The van der Waals surface area contributed by atoms with Gasteiger partial charge in [0.25, 0.3) is 0 Å². The largest absolute Gasteiger partial charge is 0.490 e. The van der Waals surface area contributed by atoms with Crippen LogP contribution >= 0.6 is 0 Å². The smallest absolute Gasteiger partial charge is 0.128 e. The summed E-state index contributed by atoms with van der Waals surface area (Å²) in [6, 6.07) is 7.90. The molecule has 0 bridgehead atoms. The van der Waals surface area contributed by atoms with E-state index in [9.17, 15) is 5.11 Å². The normalized spacial score (nSPS) is 17.7. The van der Waals surface area contributed by atoms with Gasteiger partial charge in [0, 0.05) is 62.8 Å². The molecular weight excluding hydrogens is 302 g/mol. The van der Waals surface area contributed by atoms with Crippen LogP contribution in [0.15, 0.2) is 30.5 Å². The van der Waals surface area contributed by atoms with Gasteiger partial charge in [-0.25, -0.2) is 0 Å². The zero-order valence-corrected chi connectivity index (χ0v) is 13.9. The van der Waals surface area contributed by atoms with E-state index >= 15 is 0 Å². The van der Waals surface area contributed by atoms with Crippen LogP contribution in [-0.2, 0) is 0 Å². The van der Waals surface area contributed by atoms with E-state index in [2.05, 4.69) is 20.7 Å². The molecule has 1 aliphatic heterocycles. The third-order valence-corrected chi connectivity index (χ3v) is 4.49. The molecule has 1 unspecified atom stereocenters. The van der Waals surface area contributed by atoms with Gasteiger partial charge < -0.3 is 14.8 Å². The van der Waals surface area contributed by atoms with Gasteiger partial charge in [-0.3, -0.25) is 9.80 Å². The first-order valence-electron chi connectivity index (χ1n) is 8.51. The minimum absolute atomic E-state index is 0.307. The maximum atomic E-state index is 10.3. The summed E-state index contributed by atoms with van der Waals surface area (Å²) in [4.78, 5) is 7.83. The van der Waals surface area contributed by atoms with E-state index in [4.69, 9.17) is 11.2 Å². The van der Waals surface area contributed by atoms with Gasteiger partial charge in [0.15, 0.2) is 0 Å². The molecule has 2 N–H and O–H groups in total. The molecule has 5 nitrogen and oxygen atoms in total. The van der Waals surface area contributed by atoms with Crippen LogP contribution in [0.25, 0.3) is 10.9 Å². The Hall–Kier alpha value is -2.00. The van der Waals surface area contributed by atoms with Crippen molar-refractivity contribution in [1.29, 1.82) is 0 Å². The van der Waals surface area contributed by atoms with Crippen LogP contribution < -0.4 is 4.74 Å². The highest BCUT2D eigenvalue weighted by Crippen LogP contribution is 2.24. The Balaban J connectivity index is 1.43. The first-order valence-corrected chi connectivity index (χ1v) is 8.51. The number of terminal acetylenes is 1. The molecule has 128 valence electrons. The Morgan fingerprint density at radius 1 is 1.21 bits per heavy atom. The van der Waals surface area contributed by atoms with Crippen LogP contribution in [0.4, 0.5) is 0 Å². The van der Waals surface area contributed by atoms with Gasteiger partial charge in [-0.15, -0.1) is 12.3 Å². The van der Waals surface area contributed by atoms with Crippen molar-refractivity contribution in [3.63, 3.8) is 0 Å². The third kappa shape index (κ3) is 4.30. The first-order chi connectivity index (χ1) is 11.8. The minimum atomic E-state index is -0.489. The van der Waals surface area contributed by atoms with Crippen LogP contribution in [-0.4, -0.2) is 71.9 Å². The quantitative estimate of drug-likeness (QED) is 0.758. The monoisotopic (exact) mass is 327 g/mol. The molecule has 0 amide bonds. The van der Waals surface area contributed by atoms with E-state index in [1.54, 1.807) is 0 Å². The van der Waals surface area contributed by atoms with E-state index < -0.39 is 6.10 Å². The Labute approximate surface area is 143 Å².